The van der Waals surface area contributed by atoms with Crippen molar-refractivity contribution in [3.05, 3.63) is 47.5 Å². The van der Waals surface area contributed by atoms with Gasteiger partial charge in [0.2, 0.25) is 0 Å². The third-order valence-electron chi connectivity index (χ3n) is 6.04. The van der Waals surface area contributed by atoms with E-state index >= 15 is 0 Å². The number of ether oxygens (including phenoxy) is 1. The summed E-state index contributed by atoms with van der Waals surface area (Å²) in [5, 5.41) is 9.49. The van der Waals surface area contributed by atoms with Crippen LogP contribution in [0.15, 0.2) is 30.9 Å². The predicted molar refractivity (Wildman–Crippen MR) is 103 cm³/mol. The molecule has 2 aliphatic rings. The van der Waals surface area contributed by atoms with Crippen molar-refractivity contribution in [1.82, 2.24) is 0 Å². The Kier molecular flexibility index (Phi) is 6.32. The molecule has 0 saturated heterocycles. The summed E-state index contributed by atoms with van der Waals surface area (Å²) < 4.78 is 5.85. The highest BCUT2D eigenvalue weighted by atomic mass is 16.5. The molecule has 3 atom stereocenters. The number of hydrogen-bond acceptors (Lipinski definition) is 3. The van der Waals surface area contributed by atoms with Gasteiger partial charge in [-0.3, -0.25) is 0 Å². The maximum absolute atomic E-state index is 9.49. The van der Waals surface area contributed by atoms with Gasteiger partial charge < -0.3 is 15.6 Å². The molecule has 0 heterocycles. The number of unbranched alkanes of at least 4 members (excludes halogenated alkanes) is 1. The summed E-state index contributed by atoms with van der Waals surface area (Å²) in [5.74, 6) is 1.16. The normalized spacial score (nSPS) is 28.7. The van der Waals surface area contributed by atoms with Gasteiger partial charge in [0.25, 0.3) is 0 Å². The zero-order valence-electron chi connectivity index (χ0n) is 15.4. The molecular formula is C22H33NO2. The topological polar surface area (TPSA) is 55.5 Å². The smallest absolute Gasteiger partial charge is 0.0611 e. The highest BCUT2D eigenvalue weighted by molar-refractivity contribution is 5.36. The molecule has 0 radical (unpaired) electrons. The molecule has 3 N–H and O–H groups in total. The van der Waals surface area contributed by atoms with E-state index in [1.165, 1.54) is 23.1 Å². The molecule has 2 aliphatic carbocycles. The first-order valence-electron chi connectivity index (χ1n) is 9.83. The molecule has 1 aromatic carbocycles. The number of aliphatic hydroxyl groups excluding tert-OH is 1. The van der Waals surface area contributed by atoms with E-state index in [4.69, 9.17) is 10.5 Å². The third kappa shape index (κ3) is 4.72. The maximum Gasteiger partial charge on any atom is 0.0611 e. The van der Waals surface area contributed by atoms with Crippen LogP contribution in [0.3, 0.4) is 0 Å². The van der Waals surface area contributed by atoms with E-state index in [-0.39, 0.29) is 12.1 Å². The third-order valence-corrected chi connectivity index (χ3v) is 6.04. The number of nitrogens with two attached hydrogens (primary N) is 1. The molecule has 0 aliphatic heterocycles. The molecule has 1 saturated carbocycles. The Labute approximate surface area is 152 Å². The van der Waals surface area contributed by atoms with Crippen LogP contribution in [-0.2, 0) is 17.6 Å². The number of hydrogen-bond donors (Lipinski definition) is 2. The number of aliphatic hydroxyl groups is 1. The quantitative estimate of drug-likeness (QED) is 0.558. The fourth-order valence-electron chi connectivity index (χ4n) is 4.41. The Balaban J connectivity index is 1.54. The van der Waals surface area contributed by atoms with Gasteiger partial charge >= 0.3 is 0 Å². The van der Waals surface area contributed by atoms with Crippen molar-refractivity contribution in [2.24, 2.45) is 11.7 Å². The van der Waals surface area contributed by atoms with E-state index in [2.05, 4.69) is 24.8 Å². The van der Waals surface area contributed by atoms with Crippen molar-refractivity contribution >= 4 is 0 Å². The van der Waals surface area contributed by atoms with Gasteiger partial charge in [0.15, 0.2) is 0 Å². The molecule has 3 heteroatoms. The Bertz CT molecular complexity index is 585. The lowest BCUT2D eigenvalue weighted by Crippen LogP contribution is -2.40. The molecule has 1 fully saturated rings. The van der Waals surface area contributed by atoms with E-state index < -0.39 is 0 Å². The lowest BCUT2D eigenvalue weighted by molar-refractivity contribution is 0.0930. The average molecular weight is 344 g/mol. The van der Waals surface area contributed by atoms with Gasteiger partial charge in [-0.15, -0.1) is 6.58 Å². The average Bonchev–Trinajstić information content (AvgIpc) is 3.04. The zero-order valence-corrected chi connectivity index (χ0v) is 15.4. The van der Waals surface area contributed by atoms with Crippen molar-refractivity contribution in [1.29, 1.82) is 0 Å². The molecule has 0 amide bonds. The molecule has 1 aromatic rings. The SMILES string of the molecule is C=CCCCOCC1CCc2cc([C@H]3CC[C@](N)(CO)C3)ccc2C1. The first-order valence-corrected chi connectivity index (χ1v) is 9.83. The van der Waals surface area contributed by atoms with Crippen molar-refractivity contribution in [2.45, 2.75) is 62.8 Å². The van der Waals surface area contributed by atoms with E-state index in [1.807, 2.05) is 6.08 Å². The van der Waals surface area contributed by atoms with Crippen LogP contribution in [0.25, 0.3) is 0 Å². The maximum atomic E-state index is 9.49. The highest BCUT2D eigenvalue weighted by Crippen LogP contribution is 2.40. The van der Waals surface area contributed by atoms with Crippen molar-refractivity contribution in [3.63, 3.8) is 0 Å². The van der Waals surface area contributed by atoms with Crippen molar-refractivity contribution in [2.75, 3.05) is 19.8 Å². The Morgan fingerprint density at radius 1 is 1.32 bits per heavy atom. The summed E-state index contributed by atoms with van der Waals surface area (Å²) in [4.78, 5) is 0. The van der Waals surface area contributed by atoms with Crippen LogP contribution >= 0.6 is 0 Å². The van der Waals surface area contributed by atoms with E-state index in [9.17, 15) is 5.11 Å². The lowest BCUT2D eigenvalue weighted by Gasteiger charge is -2.26. The van der Waals surface area contributed by atoms with Crippen LogP contribution in [-0.4, -0.2) is 30.5 Å². The first kappa shape index (κ1) is 18.6. The molecule has 3 nitrogen and oxygen atoms in total. The molecule has 0 bridgehead atoms. The van der Waals surface area contributed by atoms with E-state index in [1.54, 1.807) is 0 Å². The van der Waals surface area contributed by atoms with Gasteiger partial charge in [0.05, 0.1) is 6.61 Å². The molecule has 1 unspecified atom stereocenters. The molecular weight excluding hydrogens is 310 g/mol. The highest BCUT2D eigenvalue weighted by Gasteiger charge is 2.36. The molecule has 25 heavy (non-hydrogen) atoms. The molecule has 138 valence electrons. The van der Waals surface area contributed by atoms with Gasteiger partial charge in [-0.1, -0.05) is 24.3 Å². The Morgan fingerprint density at radius 2 is 2.20 bits per heavy atom. The van der Waals surface area contributed by atoms with Crippen molar-refractivity contribution < 1.29 is 9.84 Å². The second-order valence-corrected chi connectivity index (χ2v) is 8.10. The van der Waals surface area contributed by atoms with Crippen LogP contribution in [0.2, 0.25) is 0 Å². The Hall–Kier alpha value is -1.16. The van der Waals surface area contributed by atoms with E-state index in [0.717, 1.165) is 58.2 Å². The molecule has 0 aromatic heterocycles. The van der Waals surface area contributed by atoms with Crippen LogP contribution in [0, 0.1) is 5.92 Å². The van der Waals surface area contributed by atoms with E-state index in [0.29, 0.717) is 11.8 Å². The number of benzene rings is 1. The number of aryl methyl sites for hydroxylation is 1. The van der Waals surface area contributed by atoms with Gasteiger partial charge in [-0.25, -0.2) is 0 Å². The standard InChI is InChI=1S/C22H33NO2/c1-2-3-4-11-25-15-17-5-6-19-13-20(8-7-18(19)12-17)21-9-10-22(23,14-21)16-24/h2,7-8,13,17,21,24H,1,3-6,9-12,14-16,23H2/t17?,21-,22+/m0/s1. The lowest BCUT2D eigenvalue weighted by atomic mass is 9.82. The van der Waals surface area contributed by atoms with Gasteiger partial charge in [0.1, 0.15) is 0 Å². The number of allylic oxidation sites excluding steroid dienone is 1. The van der Waals surface area contributed by atoms with Gasteiger partial charge in [-0.2, -0.15) is 0 Å². The van der Waals surface area contributed by atoms with Crippen molar-refractivity contribution in [3.8, 4) is 0 Å². The van der Waals surface area contributed by atoms with Gasteiger partial charge in [0, 0.05) is 18.8 Å². The summed E-state index contributed by atoms with van der Waals surface area (Å²) in [6.45, 7) is 5.58. The minimum absolute atomic E-state index is 0.100. The number of rotatable bonds is 8. The fourth-order valence-corrected chi connectivity index (χ4v) is 4.41. The predicted octanol–water partition coefficient (Wildman–Crippen LogP) is 3.73. The second-order valence-electron chi connectivity index (χ2n) is 8.10. The van der Waals surface area contributed by atoms with Crippen LogP contribution in [0.4, 0.5) is 0 Å². The van der Waals surface area contributed by atoms with Crippen LogP contribution in [0.5, 0.6) is 0 Å². The monoisotopic (exact) mass is 343 g/mol. The summed E-state index contributed by atoms with van der Waals surface area (Å²) in [6, 6.07) is 7.02. The minimum atomic E-state index is -0.366. The largest absolute Gasteiger partial charge is 0.394 e. The zero-order chi connectivity index (χ0) is 17.7. The second kappa shape index (κ2) is 8.48. The summed E-state index contributed by atoms with van der Waals surface area (Å²) in [5.41, 5.74) is 10.3. The van der Waals surface area contributed by atoms with Crippen LogP contribution < -0.4 is 5.73 Å². The van der Waals surface area contributed by atoms with Gasteiger partial charge in [-0.05, 0) is 79.9 Å². The summed E-state index contributed by atoms with van der Waals surface area (Å²) >= 11 is 0. The summed E-state index contributed by atoms with van der Waals surface area (Å²) in [6.07, 6.45) is 10.5. The molecule has 3 rings (SSSR count). The van der Waals surface area contributed by atoms with Crippen LogP contribution in [0.1, 0.15) is 61.1 Å². The minimum Gasteiger partial charge on any atom is -0.394 e. The summed E-state index contributed by atoms with van der Waals surface area (Å²) in [7, 11) is 0. The number of fused-ring (bicyclic) bond motifs is 1. The fraction of sp³-hybridized carbons (Fsp3) is 0.636. The molecule has 0 spiro atoms. The first-order chi connectivity index (χ1) is 12.1. The Morgan fingerprint density at radius 3 is 2.96 bits per heavy atom.